The van der Waals surface area contributed by atoms with Crippen LogP contribution in [0.5, 0.6) is 0 Å². The molecule has 1 fully saturated rings. The zero-order chi connectivity index (χ0) is 20.6. The van der Waals surface area contributed by atoms with Gasteiger partial charge in [0.15, 0.2) is 0 Å². The van der Waals surface area contributed by atoms with Crippen molar-refractivity contribution in [2.24, 2.45) is 0 Å². The van der Waals surface area contributed by atoms with Crippen LogP contribution in [0.1, 0.15) is 28.8 Å². The predicted molar refractivity (Wildman–Crippen MR) is 119 cm³/mol. The molecule has 3 rings (SSSR count). The van der Waals surface area contributed by atoms with Crippen LogP contribution in [0.3, 0.4) is 0 Å². The fourth-order valence-corrected chi connectivity index (χ4v) is 4.56. The summed E-state index contributed by atoms with van der Waals surface area (Å²) in [5.41, 5.74) is 1.72. The second kappa shape index (κ2) is 10.9. The van der Waals surface area contributed by atoms with Crippen LogP contribution in [-0.4, -0.2) is 36.8 Å². The molecule has 1 aliphatic heterocycles. The quantitative estimate of drug-likeness (QED) is 0.604. The molecular weight excluding hydrogens is 431 g/mol. The lowest BCUT2D eigenvalue weighted by atomic mass is 10.1. The van der Waals surface area contributed by atoms with Gasteiger partial charge in [0.2, 0.25) is 5.91 Å². The molecule has 5 nitrogen and oxygen atoms in total. The number of ether oxygens (including phenoxy) is 1. The van der Waals surface area contributed by atoms with Crippen LogP contribution in [0.25, 0.3) is 0 Å². The van der Waals surface area contributed by atoms with Crippen molar-refractivity contribution < 1.29 is 14.3 Å². The smallest absolute Gasteiger partial charge is 0.253 e. The molecule has 1 saturated heterocycles. The van der Waals surface area contributed by atoms with E-state index in [4.69, 9.17) is 27.9 Å². The van der Waals surface area contributed by atoms with Crippen molar-refractivity contribution in [3.8, 4) is 0 Å². The van der Waals surface area contributed by atoms with E-state index in [1.807, 2.05) is 0 Å². The number of anilines is 1. The Hall–Kier alpha value is -1.73. The van der Waals surface area contributed by atoms with E-state index in [1.165, 1.54) is 11.8 Å². The number of hydrogen-bond acceptors (Lipinski definition) is 4. The van der Waals surface area contributed by atoms with E-state index in [1.54, 1.807) is 42.5 Å². The summed E-state index contributed by atoms with van der Waals surface area (Å²) in [4.78, 5) is 24.9. The van der Waals surface area contributed by atoms with Crippen LogP contribution in [0.4, 0.5) is 5.69 Å². The number of hydrogen-bond donors (Lipinski definition) is 2. The highest BCUT2D eigenvalue weighted by Gasteiger charge is 2.18. The molecule has 0 spiro atoms. The molecule has 8 heteroatoms. The lowest BCUT2D eigenvalue weighted by Gasteiger charge is -2.14. The van der Waals surface area contributed by atoms with E-state index in [2.05, 4.69) is 10.6 Å². The second-order valence-corrected chi connectivity index (χ2v) is 8.43. The van der Waals surface area contributed by atoms with Gasteiger partial charge < -0.3 is 15.4 Å². The van der Waals surface area contributed by atoms with Gasteiger partial charge in [-0.15, -0.1) is 11.8 Å². The van der Waals surface area contributed by atoms with Crippen LogP contribution in [0.2, 0.25) is 10.0 Å². The topological polar surface area (TPSA) is 67.4 Å². The molecule has 1 heterocycles. The Kier molecular flexibility index (Phi) is 8.24. The number of thioether (sulfide) groups is 1. The van der Waals surface area contributed by atoms with Crippen LogP contribution >= 0.6 is 35.0 Å². The van der Waals surface area contributed by atoms with Crippen molar-refractivity contribution in [3.63, 3.8) is 0 Å². The van der Waals surface area contributed by atoms with Gasteiger partial charge in [-0.3, -0.25) is 9.59 Å². The molecule has 1 aliphatic rings. The Morgan fingerprint density at radius 3 is 2.59 bits per heavy atom. The van der Waals surface area contributed by atoms with Crippen LogP contribution < -0.4 is 10.6 Å². The highest BCUT2D eigenvalue weighted by Crippen LogP contribution is 2.28. The van der Waals surface area contributed by atoms with Crippen molar-refractivity contribution in [3.05, 3.63) is 63.6 Å². The van der Waals surface area contributed by atoms with Crippen molar-refractivity contribution in [1.82, 2.24) is 5.32 Å². The SMILES string of the molecule is O=C(CSCc1c(Cl)cccc1Cl)Nc1ccccc1C(=O)NC[C@@H]1CCCO1. The molecule has 0 aliphatic carbocycles. The number of para-hydroxylation sites is 1. The average Bonchev–Trinajstić information content (AvgIpc) is 3.22. The fourth-order valence-electron chi connectivity index (χ4n) is 3.00. The van der Waals surface area contributed by atoms with Crippen molar-refractivity contribution in [2.45, 2.75) is 24.7 Å². The molecule has 2 N–H and O–H groups in total. The number of carbonyl (C=O) groups excluding carboxylic acids is 2. The third-order valence-electron chi connectivity index (χ3n) is 4.50. The maximum atomic E-state index is 12.5. The van der Waals surface area contributed by atoms with E-state index in [0.717, 1.165) is 25.0 Å². The molecule has 2 aromatic rings. The first kappa shape index (κ1) is 22.0. The molecule has 0 unspecified atom stereocenters. The Labute approximate surface area is 184 Å². The minimum Gasteiger partial charge on any atom is -0.376 e. The molecule has 154 valence electrons. The Bertz CT molecular complexity index is 853. The fraction of sp³-hybridized carbons (Fsp3) is 0.333. The number of benzene rings is 2. The second-order valence-electron chi connectivity index (χ2n) is 6.63. The number of amides is 2. The minimum absolute atomic E-state index is 0.0636. The van der Waals surface area contributed by atoms with Crippen LogP contribution in [0.15, 0.2) is 42.5 Å². The van der Waals surface area contributed by atoms with Gasteiger partial charge in [0, 0.05) is 28.9 Å². The molecule has 1 atom stereocenters. The largest absolute Gasteiger partial charge is 0.376 e. The molecule has 2 aromatic carbocycles. The number of carbonyl (C=O) groups is 2. The summed E-state index contributed by atoms with van der Waals surface area (Å²) in [6.45, 7) is 1.21. The maximum absolute atomic E-state index is 12.5. The van der Waals surface area contributed by atoms with Gasteiger partial charge >= 0.3 is 0 Å². The summed E-state index contributed by atoms with van der Waals surface area (Å²) in [5, 5.41) is 6.86. The Balaban J connectivity index is 1.52. The lowest BCUT2D eigenvalue weighted by molar-refractivity contribution is -0.113. The Morgan fingerprint density at radius 1 is 1.10 bits per heavy atom. The molecule has 0 aromatic heterocycles. The van der Waals surface area contributed by atoms with Gasteiger partial charge in [0.25, 0.3) is 5.91 Å². The van der Waals surface area contributed by atoms with Crippen LogP contribution in [0, 0.1) is 0 Å². The predicted octanol–water partition coefficient (Wildman–Crippen LogP) is 4.77. The van der Waals surface area contributed by atoms with Gasteiger partial charge in [-0.05, 0) is 42.7 Å². The zero-order valence-corrected chi connectivity index (χ0v) is 18.1. The summed E-state index contributed by atoms with van der Waals surface area (Å²) in [6, 6.07) is 12.3. The molecule has 29 heavy (non-hydrogen) atoms. The van der Waals surface area contributed by atoms with Gasteiger partial charge in [-0.2, -0.15) is 0 Å². The van der Waals surface area contributed by atoms with E-state index < -0.39 is 0 Å². The number of halogens is 2. The zero-order valence-electron chi connectivity index (χ0n) is 15.8. The van der Waals surface area contributed by atoms with Gasteiger partial charge in [-0.25, -0.2) is 0 Å². The highest BCUT2D eigenvalue weighted by molar-refractivity contribution is 7.99. The molecule has 2 amide bonds. The average molecular weight is 453 g/mol. The number of rotatable bonds is 8. The third-order valence-corrected chi connectivity index (χ3v) is 6.17. The molecule has 0 radical (unpaired) electrons. The maximum Gasteiger partial charge on any atom is 0.253 e. The van der Waals surface area contributed by atoms with Crippen molar-refractivity contribution in [2.75, 3.05) is 24.2 Å². The van der Waals surface area contributed by atoms with Crippen molar-refractivity contribution >= 4 is 52.5 Å². The normalized spacial score (nSPS) is 15.9. The molecular formula is C21H22Cl2N2O3S. The van der Waals surface area contributed by atoms with Gasteiger partial charge in [-0.1, -0.05) is 41.4 Å². The molecule has 0 bridgehead atoms. The van der Waals surface area contributed by atoms with E-state index in [0.29, 0.717) is 33.6 Å². The summed E-state index contributed by atoms with van der Waals surface area (Å²) in [5.74, 6) is 0.313. The van der Waals surface area contributed by atoms with Gasteiger partial charge in [0.05, 0.1) is 23.1 Å². The van der Waals surface area contributed by atoms with E-state index in [-0.39, 0.29) is 23.7 Å². The van der Waals surface area contributed by atoms with Crippen molar-refractivity contribution in [1.29, 1.82) is 0 Å². The van der Waals surface area contributed by atoms with E-state index in [9.17, 15) is 9.59 Å². The van der Waals surface area contributed by atoms with Crippen LogP contribution in [-0.2, 0) is 15.3 Å². The monoisotopic (exact) mass is 452 g/mol. The molecule has 0 saturated carbocycles. The first-order valence-corrected chi connectivity index (χ1v) is 11.2. The standard InChI is InChI=1S/C21H22Cl2N2O3S/c22-17-7-3-8-18(23)16(17)12-29-13-20(26)25-19-9-2-1-6-15(19)21(27)24-11-14-5-4-10-28-14/h1-3,6-9,14H,4-5,10-13H2,(H,24,27)(H,25,26)/t14-/m0/s1. The lowest BCUT2D eigenvalue weighted by Crippen LogP contribution is -2.32. The first-order valence-electron chi connectivity index (χ1n) is 9.34. The summed E-state index contributed by atoms with van der Waals surface area (Å²) in [6.07, 6.45) is 2.03. The third kappa shape index (κ3) is 6.37. The minimum atomic E-state index is -0.230. The summed E-state index contributed by atoms with van der Waals surface area (Å²) < 4.78 is 5.53. The van der Waals surface area contributed by atoms with Gasteiger partial charge in [0.1, 0.15) is 0 Å². The summed E-state index contributed by atoms with van der Waals surface area (Å²) >= 11 is 13.7. The Morgan fingerprint density at radius 2 is 1.86 bits per heavy atom. The van der Waals surface area contributed by atoms with E-state index >= 15 is 0 Å². The number of nitrogens with one attached hydrogen (secondary N) is 2. The first-order chi connectivity index (χ1) is 14.0. The highest BCUT2D eigenvalue weighted by atomic mass is 35.5. The summed E-state index contributed by atoms with van der Waals surface area (Å²) in [7, 11) is 0.